The third-order valence-electron chi connectivity index (χ3n) is 2.28. The van der Waals surface area contributed by atoms with Crippen LogP contribution in [0.25, 0.3) is 0 Å². The molecule has 1 aromatic rings. The van der Waals surface area contributed by atoms with E-state index in [-0.39, 0.29) is 5.82 Å². The van der Waals surface area contributed by atoms with Gasteiger partial charge in [-0.2, -0.15) is 0 Å². The van der Waals surface area contributed by atoms with E-state index in [1.165, 1.54) is 0 Å². The number of rotatable bonds is 7. The smallest absolute Gasteiger partial charge is 0.167 e. The molecule has 1 aromatic carbocycles. The van der Waals surface area contributed by atoms with Gasteiger partial charge in [-0.15, -0.1) is 0 Å². The number of hydrogen-bond acceptors (Lipinski definition) is 2. The van der Waals surface area contributed by atoms with Crippen molar-refractivity contribution in [3.05, 3.63) is 29.6 Å². The minimum atomic E-state index is -0.281. The standard InChI is InChI=1S/C13H19FO2/c1-3-4-8-15-9-10-16-12-7-5-6-11(2)13(12)14/h5-7H,3-4,8-10H2,1-2H3. The second kappa shape index (κ2) is 7.23. The molecule has 0 bridgehead atoms. The molecule has 0 saturated heterocycles. The number of unbranched alkanes of at least 4 members (excludes halogenated alkanes) is 1. The van der Waals surface area contributed by atoms with E-state index < -0.39 is 0 Å². The molecular formula is C13H19FO2. The molecule has 0 radical (unpaired) electrons. The molecule has 0 fully saturated rings. The summed E-state index contributed by atoms with van der Waals surface area (Å²) < 4.78 is 24.1. The summed E-state index contributed by atoms with van der Waals surface area (Å²) in [6, 6.07) is 5.14. The zero-order chi connectivity index (χ0) is 11.8. The van der Waals surface area contributed by atoms with Gasteiger partial charge in [0.15, 0.2) is 11.6 Å². The van der Waals surface area contributed by atoms with Crippen LogP contribution >= 0.6 is 0 Å². The van der Waals surface area contributed by atoms with Gasteiger partial charge >= 0.3 is 0 Å². The van der Waals surface area contributed by atoms with Crippen LogP contribution in [-0.2, 0) is 4.74 Å². The number of ether oxygens (including phenoxy) is 2. The van der Waals surface area contributed by atoms with Gasteiger partial charge < -0.3 is 9.47 Å². The number of aryl methyl sites for hydroxylation is 1. The summed E-state index contributed by atoms with van der Waals surface area (Å²) in [6.07, 6.45) is 2.17. The molecule has 0 aliphatic carbocycles. The SMILES string of the molecule is CCCCOCCOc1cccc(C)c1F. The highest BCUT2D eigenvalue weighted by Gasteiger charge is 2.04. The molecule has 0 N–H and O–H groups in total. The lowest BCUT2D eigenvalue weighted by molar-refractivity contribution is 0.0966. The predicted octanol–water partition coefficient (Wildman–Crippen LogP) is 3.33. The van der Waals surface area contributed by atoms with Gasteiger partial charge in [-0.1, -0.05) is 25.5 Å². The Morgan fingerprint density at radius 1 is 1.19 bits per heavy atom. The molecule has 90 valence electrons. The molecule has 3 heteroatoms. The zero-order valence-electron chi connectivity index (χ0n) is 9.96. The number of benzene rings is 1. The fourth-order valence-corrected chi connectivity index (χ4v) is 1.29. The number of hydrogen-bond donors (Lipinski definition) is 0. The van der Waals surface area contributed by atoms with Crippen LogP contribution in [0, 0.1) is 12.7 Å². The summed E-state index contributed by atoms with van der Waals surface area (Å²) in [5, 5.41) is 0. The second-order valence-corrected chi connectivity index (χ2v) is 3.70. The molecule has 0 aliphatic heterocycles. The maximum atomic E-state index is 13.5. The quantitative estimate of drug-likeness (QED) is 0.664. The fourth-order valence-electron chi connectivity index (χ4n) is 1.29. The molecule has 0 aliphatic rings. The van der Waals surface area contributed by atoms with Crippen LogP contribution in [0.1, 0.15) is 25.3 Å². The maximum Gasteiger partial charge on any atom is 0.167 e. The molecule has 16 heavy (non-hydrogen) atoms. The second-order valence-electron chi connectivity index (χ2n) is 3.70. The zero-order valence-corrected chi connectivity index (χ0v) is 9.96. The minimum absolute atomic E-state index is 0.281. The normalized spacial score (nSPS) is 10.4. The van der Waals surface area contributed by atoms with E-state index in [2.05, 4.69) is 6.92 Å². The van der Waals surface area contributed by atoms with E-state index in [0.717, 1.165) is 19.4 Å². The molecule has 0 atom stereocenters. The first-order valence-electron chi connectivity index (χ1n) is 5.71. The van der Waals surface area contributed by atoms with Crippen molar-refractivity contribution < 1.29 is 13.9 Å². The van der Waals surface area contributed by atoms with Crippen molar-refractivity contribution in [3.63, 3.8) is 0 Å². The molecule has 0 spiro atoms. The molecule has 1 rings (SSSR count). The van der Waals surface area contributed by atoms with E-state index in [0.29, 0.717) is 24.5 Å². The van der Waals surface area contributed by atoms with Gasteiger partial charge in [0.2, 0.25) is 0 Å². The summed E-state index contributed by atoms with van der Waals surface area (Å²) in [6.45, 7) is 5.48. The predicted molar refractivity (Wildman–Crippen MR) is 62.4 cm³/mol. The topological polar surface area (TPSA) is 18.5 Å². The molecule has 0 saturated carbocycles. The van der Waals surface area contributed by atoms with Crippen molar-refractivity contribution in [2.45, 2.75) is 26.7 Å². The Hall–Kier alpha value is -1.09. The Morgan fingerprint density at radius 2 is 2.00 bits per heavy atom. The highest BCUT2D eigenvalue weighted by Crippen LogP contribution is 2.19. The Bertz CT molecular complexity index is 313. The lowest BCUT2D eigenvalue weighted by atomic mass is 10.2. The van der Waals surface area contributed by atoms with Crippen LogP contribution in [0.2, 0.25) is 0 Å². The summed E-state index contributed by atoms with van der Waals surface area (Å²) >= 11 is 0. The highest BCUT2D eigenvalue weighted by atomic mass is 19.1. The van der Waals surface area contributed by atoms with Crippen LogP contribution in [0.5, 0.6) is 5.75 Å². The molecular weight excluding hydrogens is 207 g/mol. The van der Waals surface area contributed by atoms with Crippen molar-refractivity contribution >= 4 is 0 Å². The highest BCUT2D eigenvalue weighted by molar-refractivity contribution is 5.29. The van der Waals surface area contributed by atoms with E-state index in [4.69, 9.17) is 9.47 Å². The van der Waals surface area contributed by atoms with Crippen molar-refractivity contribution in [2.75, 3.05) is 19.8 Å². The van der Waals surface area contributed by atoms with Crippen molar-refractivity contribution in [3.8, 4) is 5.75 Å². The van der Waals surface area contributed by atoms with E-state index in [1.54, 1.807) is 25.1 Å². The first-order chi connectivity index (χ1) is 7.75. The van der Waals surface area contributed by atoms with Gasteiger partial charge in [0.1, 0.15) is 6.61 Å². The van der Waals surface area contributed by atoms with E-state index >= 15 is 0 Å². The fraction of sp³-hybridized carbons (Fsp3) is 0.538. The molecule has 0 unspecified atom stereocenters. The first kappa shape index (κ1) is 13.0. The van der Waals surface area contributed by atoms with E-state index in [1.807, 2.05) is 0 Å². The van der Waals surface area contributed by atoms with Crippen LogP contribution in [-0.4, -0.2) is 19.8 Å². The summed E-state index contributed by atoms with van der Waals surface area (Å²) in [7, 11) is 0. The van der Waals surface area contributed by atoms with Crippen LogP contribution in [0.15, 0.2) is 18.2 Å². The van der Waals surface area contributed by atoms with Gasteiger partial charge in [-0.05, 0) is 25.0 Å². The van der Waals surface area contributed by atoms with Gasteiger partial charge in [0, 0.05) is 6.61 Å². The minimum Gasteiger partial charge on any atom is -0.488 e. The van der Waals surface area contributed by atoms with Crippen molar-refractivity contribution in [1.29, 1.82) is 0 Å². The summed E-state index contributed by atoms with van der Waals surface area (Å²) in [4.78, 5) is 0. The Balaban J connectivity index is 2.24. The number of halogens is 1. The molecule has 0 amide bonds. The lowest BCUT2D eigenvalue weighted by Crippen LogP contribution is -2.08. The average molecular weight is 226 g/mol. The monoisotopic (exact) mass is 226 g/mol. The van der Waals surface area contributed by atoms with Crippen LogP contribution < -0.4 is 4.74 Å². The first-order valence-corrected chi connectivity index (χ1v) is 5.71. The molecule has 0 heterocycles. The van der Waals surface area contributed by atoms with E-state index in [9.17, 15) is 4.39 Å². The molecule has 0 aromatic heterocycles. The van der Waals surface area contributed by atoms with Gasteiger partial charge in [-0.25, -0.2) is 4.39 Å². The van der Waals surface area contributed by atoms with Gasteiger partial charge in [-0.3, -0.25) is 0 Å². The largest absolute Gasteiger partial charge is 0.488 e. The Labute approximate surface area is 96.4 Å². The maximum absolute atomic E-state index is 13.5. The lowest BCUT2D eigenvalue weighted by Gasteiger charge is -2.08. The molecule has 2 nitrogen and oxygen atoms in total. The average Bonchev–Trinajstić information content (AvgIpc) is 2.29. The third kappa shape index (κ3) is 4.19. The van der Waals surface area contributed by atoms with Gasteiger partial charge in [0.25, 0.3) is 0 Å². The Morgan fingerprint density at radius 3 is 2.75 bits per heavy atom. The van der Waals surface area contributed by atoms with Crippen LogP contribution in [0.4, 0.5) is 4.39 Å². The van der Waals surface area contributed by atoms with Gasteiger partial charge in [0.05, 0.1) is 6.61 Å². The summed E-state index contributed by atoms with van der Waals surface area (Å²) in [5.74, 6) is 0.0233. The Kier molecular flexibility index (Phi) is 5.86. The summed E-state index contributed by atoms with van der Waals surface area (Å²) in [5.41, 5.74) is 0.601. The van der Waals surface area contributed by atoms with Crippen molar-refractivity contribution in [1.82, 2.24) is 0 Å². The third-order valence-corrected chi connectivity index (χ3v) is 2.28. The van der Waals surface area contributed by atoms with Crippen LogP contribution in [0.3, 0.4) is 0 Å². The van der Waals surface area contributed by atoms with Crippen molar-refractivity contribution in [2.24, 2.45) is 0 Å².